The van der Waals surface area contributed by atoms with Crippen molar-refractivity contribution in [3.05, 3.63) is 58.9 Å². The highest BCUT2D eigenvalue weighted by atomic mass is 35.5. The van der Waals surface area contributed by atoms with Crippen molar-refractivity contribution >= 4 is 22.6 Å². The van der Waals surface area contributed by atoms with E-state index in [1.807, 2.05) is 55.5 Å². The molecule has 0 amide bonds. The lowest BCUT2D eigenvalue weighted by Gasteiger charge is -2.08. The fourth-order valence-corrected chi connectivity index (χ4v) is 2.59. The Labute approximate surface area is 145 Å². The molecular weight excluding hydrogens is 326 g/mol. The second kappa shape index (κ2) is 7.51. The molecule has 2 aromatic carbocycles. The minimum atomic E-state index is -0.00500. The van der Waals surface area contributed by atoms with Gasteiger partial charge in [0.2, 0.25) is 0 Å². The van der Waals surface area contributed by atoms with Crippen molar-refractivity contribution in [2.75, 3.05) is 19.8 Å². The highest BCUT2D eigenvalue weighted by molar-refractivity contribution is 6.30. The number of hydrogen-bond donors (Lipinski definition) is 1. The first-order valence-electron chi connectivity index (χ1n) is 7.79. The average Bonchev–Trinajstić information content (AvgIpc) is 2.60. The molecule has 3 aromatic rings. The molecule has 0 fully saturated rings. The Kier molecular flexibility index (Phi) is 5.18. The van der Waals surface area contributed by atoms with Crippen LogP contribution in [-0.2, 0) is 0 Å². The average molecular weight is 344 g/mol. The van der Waals surface area contributed by atoms with Gasteiger partial charge >= 0.3 is 0 Å². The van der Waals surface area contributed by atoms with Crippen LogP contribution in [0.25, 0.3) is 22.3 Å². The summed E-state index contributed by atoms with van der Waals surface area (Å²) >= 11 is 5.95. The van der Waals surface area contributed by atoms with Gasteiger partial charge in [0.05, 0.1) is 25.1 Å². The standard InChI is InChI=1S/C19H18ClNO3/c1-2-23-15-7-8-18-16(11-15)17(21-9-10-22)12-19(24-18)13-3-5-14(20)6-4-13/h3-8,11-12,22H,2,9-10H2,1H3. The van der Waals surface area contributed by atoms with Crippen LogP contribution in [0.4, 0.5) is 0 Å². The Bertz CT molecular complexity index is 901. The van der Waals surface area contributed by atoms with Crippen LogP contribution in [0.3, 0.4) is 0 Å². The van der Waals surface area contributed by atoms with E-state index < -0.39 is 0 Å². The van der Waals surface area contributed by atoms with E-state index in [-0.39, 0.29) is 6.61 Å². The van der Waals surface area contributed by atoms with Gasteiger partial charge in [-0.2, -0.15) is 0 Å². The van der Waals surface area contributed by atoms with Crippen molar-refractivity contribution in [2.45, 2.75) is 6.92 Å². The maximum atomic E-state index is 9.10. The summed E-state index contributed by atoms with van der Waals surface area (Å²) in [7, 11) is 0. The first kappa shape index (κ1) is 16.6. The smallest absolute Gasteiger partial charge is 0.137 e. The Morgan fingerprint density at radius 2 is 1.92 bits per heavy atom. The number of benzene rings is 2. The van der Waals surface area contributed by atoms with E-state index in [1.54, 1.807) is 0 Å². The molecule has 0 unspecified atom stereocenters. The maximum absolute atomic E-state index is 9.10. The second-order valence-electron chi connectivity index (χ2n) is 5.20. The molecule has 0 aliphatic heterocycles. The Hall–Kier alpha value is -2.30. The van der Waals surface area contributed by atoms with E-state index in [4.69, 9.17) is 25.9 Å². The largest absolute Gasteiger partial charge is 0.494 e. The van der Waals surface area contributed by atoms with Gasteiger partial charge < -0.3 is 14.3 Å². The molecular formula is C19H18ClNO3. The molecule has 24 heavy (non-hydrogen) atoms. The van der Waals surface area contributed by atoms with Crippen LogP contribution in [0, 0.1) is 0 Å². The number of rotatable bonds is 5. The van der Waals surface area contributed by atoms with Gasteiger partial charge in [0.15, 0.2) is 0 Å². The maximum Gasteiger partial charge on any atom is 0.137 e. The van der Waals surface area contributed by atoms with E-state index in [0.717, 1.165) is 22.1 Å². The predicted octanol–water partition coefficient (Wildman–Crippen LogP) is 4.04. The number of hydrogen-bond acceptors (Lipinski definition) is 4. The monoisotopic (exact) mass is 343 g/mol. The highest BCUT2D eigenvalue weighted by Gasteiger charge is 2.07. The SMILES string of the molecule is CCOc1ccc2oc(-c3ccc(Cl)cc3)cc(=NCCO)c2c1. The summed E-state index contributed by atoms with van der Waals surface area (Å²) < 4.78 is 11.6. The molecule has 0 bridgehead atoms. The zero-order valence-electron chi connectivity index (χ0n) is 13.3. The molecule has 1 N–H and O–H groups in total. The van der Waals surface area contributed by atoms with Crippen molar-refractivity contribution < 1.29 is 14.3 Å². The Morgan fingerprint density at radius 3 is 2.62 bits per heavy atom. The lowest BCUT2D eigenvalue weighted by Crippen LogP contribution is -2.07. The van der Waals surface area contributed by atoms with Gasteiger partial charge in [-0.1, -0.05) is 11.6 Å². The molecule has 0 atom stereocenters. The van der Waals surface area contributed by atoms with Gasteiger partial charge in [0.25, 0.3) is 0 Å². The third-order valence-corrected chi connectivity index (χ3v) is 3.79. The number of aliphatic hydroxyl groups is 1. The third kappa shape index (κ3) is 3.61. The topological polar surface area (TPSA) is 55.0 Å². The molecule has 0 saturated heterocycles. The summed E-state index contributed by atoms with van der Waals surface area (Å²) in [5.74, 6) is 1.46. The Morgan fingerprint density at radius 1 is 1.12 bits per heavy atom. The van der Waals surface area contributed by atoms with Crippen molar-refractivity contribution in [2.24, 2.45) is 4.99 Å². The van der Waals surface area contributed by atoms with Crippen LogP contribution in [0.1, 0.15) is 6.92 Å². The van der Waals surface area contributed by atoms with Gasteiger partial charge in [-0.3, -0.25) is 4.99 Å². The molecule has 5 heteroatoms. The summed E-state index contributed by atoms with van der Waals surface area (Å²) in [6, 6.07) is 15.0. The Balaban J connectivity index is 2.19. The molecule has 124 valence electrons. The molecule has 0 aliphatic rings. The van der Waals surface area contributed by atoms with Crippen molar-refractivity contribution in [1.82, 2.24) is 0 Å². The van der Waals surface area contributed by atoms with Crippen LogP contribution >= 0.6 is 11.6 Å². The molecule has 0 spiro atoms. The number of fused-ring (bicyclic) bond motifs is 1. The molecule has 4 nitrogen and oxygen atoms in total. The summed E-state index contributed by atoms with van der Waals surface area (Å²) in [6.07, 6.45) is 0. The van der Waals surface area contributed by atoms with Gasteiger partial charge in [-0.25, -0.2) is 0 Å². The number of halogens is 1. The van der Waals surface area contributed by atoms with E-state index >= 15 is 0 Å². The quantitative estimate of drug-likeness (QED) is 0.760. The molecule has 1 aromatic heterocycles. The predicted molar refractivity (Wildman–Crippen MR) is 95.3 cm³/mol. The van der Waals surface area contributed by atoms with E-state index in [9.17, 15) is 0 Å². The van der Waals surface area contributed by atoms with Gasteiger partial charge in [-0.05, 0) is 49.4 Å². The van der Waals surface area contributed by atoms with Crippen LogP contribution < -0.4 is 10.1 Å². The number of ether oxygens (including phenoxy) is 1. The summed E-state index contributed by atoms with van der Waals surface area (Å²) in [4.78, 5) is 4.47. The first-order chi connectivity index (χ1) is 11.7. The molecule has 3 rings (SSSR count). The fourth-order valence-electron chi connectivity index (χ4n) is 2.46. The van der Waals surface area contributed by atoms with Gasteiger partial charge in [0.1, 0.15) is 17.1 Å². The number of nitrogens with zero attached hydrogens (tertiary/aromatic N) is 1. The zero-order valence-corrected chi connectivity index (χ0v) is 14.1. The lowest BCUT2D eigenvalue weighted by molar-refractivity contribution is 0.306. The van der Waals surface area contributed by atoms with E-state index in [0.29, 0.717) is 29.5 Å². The van der Waals surface area contributed by atoms with Gasteiger partial charge in [-0.15, -0.1) is 0 Å². The zero-order chi connectivity index (χ0) is 16.9. The molecule has 1 heterocycles. The summed E-state index contributed by atoms with van der Waals surface area (Å²) in [5.41, 5.74) is 1.62. The van der Waals surface area contributed by atoms with Crippen LogP contribution in [0.5, 0.6) is 5.75 Å². The minimum absolute atomic E-state index is 0.00500. The van der Waals surface area contributed by atoms with Crippen LogP contribution in [-0.4, -0.2) is 24.9 Å². The number of aliphatic hydroxyl groups excluding tert-OH is 1. The minimum Gasteiger partial charge on any atom is -0.494 e. The van der Waals surface area contributed by atoms with Crippen LogP contribution in [0.15, 0.2) is 57.9 Å². The normalized spacial score (nSPS) is 11.9. The molecule has 0 aliphatic carbocycles. The summed E-state index contributed by atoms with van der Waals surface area (Å²) in [6.45, 7) is 2.86. The van der Waals surface area contributed by atoms with E-state index in [1.165, 1.54) is 0 Å². The van der Waals surface area contributed by atoms with Gasteiger partial charge in [0, 0.05) is 22.0 Å². The molecule has 0 saturated carbocycles. The lowest BCUT2D eigenvalue weighted by atomic mass is 10.1. The summed E-state index contributed by atoms with van der Waals surface area (Å²) in [5, 5.41) is 11.4. The second-order valence-corrected chi connectivity index (χ2v) is 5.64. The highest BCUT2D eigenvalue weighted by Crippen LogP contribution is 2.25. The van der Waals surface area contributed by atoms with Crippen LogP contribution in [0.2, 0.25) is 5.02 Å². The van der Waals surface area contributed by atoms with E-state index in [2.05, 4.69) is 4.99 Å². The van der Waals surface area contributed by atoms with Crippen molar-refractivity contribution in [3.8, 4) is 17.1 Å². The molecule has 0 radical (unpaired) electrons. The van der Waals surface area contributed by atoms with Crippen molar-refractivity contribution in [1.29, 1.82) is 0 Å². The first-order valence-corrected chi connectivity index (χ1v) is 8.17. The fraction of sp³-hybridized carbons (Fsp3) is 0.211. The van der Waals surface area contributed by atoms with Crippen molar-refractivity contribution in [3.63, 3.8) is 0 Å². The third-order valence-electron chi connectivity index (χ3n) is 3.54.